The predicted octanol–water partition coefficient (Wildman–Crippen LogP) is 0.298. The van der Waals surface area contributed by atoms with Gasteiger partial charge in [-0.15, -0.1) is 11.3 Å². The number of nitrogens with one attached hydrogen (secondary N) is 1. The topological polar surface area (TPSA) is 79.0 Å². The fourth-order valence-electron chi connectivity index (χ4n) is 3.16. The zero-order valence-electron chi connectivity index (χ0n) is 12.6. The van der Waals surface area contributed by atoms with Crippen LogP contribution < -0.4 is 5.32 Å². The van der Waals surface area contributed by atoms with Crippen LogP contribution in [0.3, 0.4) is 0 Å². The van der Waals surface area contributed by atoms with Crippen molar-refractivity contribution in [3.05, 3.63) is 22.4 Å². The standard InChI is InChI=1S/C15H17N3O4S/c1-17-14(20)11-12(9-3-2-6-23-9)18(22-13(11)15(17)21)7-10(19)16-8-4-5-8/h2-3,6,8,11-13H,4-5,7H2,1H3,(H,16,19). The highest BCUT2D eigenvalue weighted by Crippen LogP contribution is 2.45. The van der Waals surface area contributed by atoms with Crippen molar-refractivity contribution >= 4 is 29.1 Å². The van der Waals surface area contributed by atoms with Crippen LogP contribution in [-0.2, 0) is 19.2 Å². The zero-order chi connectivity index (χ0) is 16.1. The molecule has 1 saturated carbocycles. The molecule has 0 spiro atoms. The van der Waals surface area contributed by atoms with Gasteiger partial charge in [0.25, 0.3) is 5.91 Å². The molecule has 3 heterocycles. The van der Waals surface area contributed by atoms with E-state index in [0.29, 0.717) is 0 Å². The molecule has 2 saturated heterocycles. The second kappa shape index (κ2) is 5.40. The molecule has 0 bridgehead atoms. The Morgan fingerprint density at radius 3 is 2.83 bits per heavy atom. The first-order valence-corrected chi connectivity index (χ1v) is 8.52. The number of hydrogen-bond donors (Lipinski definition) is 1. The first kappa shape index (κ1) is 14.8. The van der Waals surface area contributed by atoms with E-state index in [2.05, 4.69) is 5.32 Å². The van der Waals surface area contributed by atoms with Crippen LogP contribution in [0.4, 0.5) is 0 Å². The van der Waals surface area contributed by atoms with Crippen molar-refractivity contribution in [2.24, 2.45) is 5.92 Å². The van der Waals surface area contributed by atoms with Gasteiger partial charge in [-0.05, 0) is 24.3 Å². The fourth-order valence-corrected chi connectivity index (χ4v) is 4.04. The second-order valence-corrected chi connectivity index (χ2v) is 7.14. The van der Waals surface area contributed by atoms with E-state index >= 15 is 0 Å². The maximum Gasteiger partial charge on any atom is 0.261 e. The van der Waals surface area contributed by atoms with Crippen LogP contribution >= 0.6 is 11.3 Å². The molecular weight excluding hydrogens is 318 g/mol. The van der Waals surface area contributed by atoms with Crippen molar-refractivity contribution in [2.45, 2.75) is 31.0 Å². The van der Waals surface area contributed by atoms with Crippen molar-refractivity contribution in [2.75, 3.05) is 13.6 Å². The Labute approximate surface area is 137 Å². The Hall–Kier alpha value is -1.77. The third kappa shape index (κ3) is 2.46. The molecule has 8 heteroatoms. The van der Waals surface area contributed by atoms with Gasteiger partial charge in [0.1, 0.15) is 6.54 Å². The summed E-state index contributed by atoms with van der Waals surface area (Å²) in [5.41, 5.74) is 0. The highest BCUT2D eigenvalue weighted by atomic mass is 32.1. The number of hydroxylamine groups is 2. The van der Waals surface area contributed by atoms with Crippen molar-refractivity contribution in [3.63, 3.8) is 0 Å². The summed E-state index contributed by atoms with van der Waals surface area (Å²) in [5.74, 6) is -1.31. The minimum atomic E-state index is -0.826. The van der Waals surface area contributed by atoms with E-state index in [-0.39, 0.29) is 30.3 Å². The Kier molecular flexibility index (Phi) is 3.47. The number of carbonyl (C=O) groups excluding carboxylic acids is 3. The summed E-state index contributed by atoms with van der Waals surface area (Å²) in [5, 5.41) is 6.32. The lowest BCUT2D eigenvalue weighted by Crippen LogP contribution is -2.40. The van der Waals surface area contributed by atoms with Gasteiger partial charge in [0.2, 0.25) is 11.8 Å². The second-order valence-electron chi connectivity index (χ2n) is 6.16. The number of likely N-dealkylation sites (tertiary alicyclic amines) is 1. The van der Waals surface area contributed by atoms with E-state index in [1.54, 1.807) is 0 Å². The third-order valence-corrected chi connectivity index (χ3v) is 5.43. The van der Waals surface area contributed by atoms with Crippen molar-refractivity contribution < 1.29 is 19.2 Å². The van der Waals surface area contributed by atoms with E-state index in [0.717, 1.165) is 22.6 Å². The quantitative estimate of drug-likeness (QED) is 0.801. The largest absolute Gasteiger partial charge is 0.352 e. The van der Waals surface area contributed by atoms with E-state index in [9.17, 15) is 14.4 Å². The van der Waals surface area contributed by atoms with Gasteiger partial charge >= 0.3 is 0 Å². The molecule has 122 valence electrons. The van der Waals surface area contributed by atoms with Crippen molar-refractivity contribution in [3.8, 4) is 0 Å². The third-order valence-electron chi connectivity index (χ3n) is 4.49. The Morgan fingerprint density at radius 1 is 1.39 bits per heavy atom. The molecule has 4 rings (SSSR count). The molecule has 0 radical (unpaired) electrons. The fraction of sp³-hybridized carbons (Fsp3) is 0.533. The molecule has 3 unspecified atom stereocenters. The molecule has 23 heavy (non-hydrogen) atoms. The molecule has 1 aliphatic carbocycles. The number of carbonyl (C=O) groups is 3. The number of hydrogen-bond acceptors (Lipinski definition) is 6. The van der Waals surface area contributed by atoms with Crippen LogP contribution in [0.5, 0.6) is 0 Å². The van der Waals surface area contributed by atoms with Crippen LogP contribution in [-0.4, -0.2) is 53.4 Å². The molecular formula is C15H17N3O4S. The molecule has 7 nitrogen and oxygen atoms in total. The lowest BCUT2D eigenvalue weighted by molar-refractivity contribution is -0.181. The number of fused-ring (bicyclic) bond motifs is 1. The van der Waals surface area contributed by atoms with Crippen LogP contribution in [0, 0.1) is 5.92 Å². The number of thiophene rings is 1. The average molecular weight is 335 g/mol. The number of amides is 3. The van der Waals surface area contributed by atoms with E-state index in [1.807, 2.05) is 17.5 Å². The Morgan fingerprint density at radius 2 is 2.17 bits per heavy atom. The van der Waals surface area contributed by atoms with Gasteiger partial charge < -0.3 is 5.32 Å². The Balaban J connectivity index is 1.59. The summed E-state index contributed by atoms with van der Waals surface area (Å²) >= 11 is 1.50. The Bertz CT molecular complexity index is 658. The monoisotopic (exact) mass is 335 g/mol. The van der Waals surface area contributed by atoms with Gasteiger partial charge in [-0.25, -0.2) is 0 Å². The summed E-state index contributed by atoms with van der Waals surface area (Å²) in [6.45, 7) is 0.0241. The maximum atomic E-state index is 12.4. The van der Waals surface area contributed by atoms with Gasteiger partial charge in [-0.3, -0.25) is 24.1 Å². The molecule has 1 aromatic heterocycles. The summed E-state index contributed by atoms with van der Waals surface area (Å²) < 4.78 is 0. The van der Waals surface area contributed by atoms with Crippen LogP contribution in [0.25, 0.3) is 0 Å². The highest BCUT2D eigenvalue weighted by molar-refractivity contribution is 7.10. The van der Waals surface area contributed by atoms with Gasteiger partial charge in [0.15, 0.2) is 6.10 Å². The van der Waals surface area contributed by atoms with E-state index in [1.165, 1.54) is 23.4 Å². The molecule has 1 aromatic rings. The van der Waals surface area contributed by atoms with E-state index < -0.39 is 18.1 Å². The highest BCUT2D eigenvalue weighted by Gasteiger charge is 2.59. The molecule has 1 N–H and O–H groups in total. The molecule has 2 aliphatic heterocycles. The van der Waals surface area contributed by atoms with Gasteiger partial charge in [-0.2, -0.15) is 5.06 Å². The van der Waals surface area contributed by atoms with Crippen LogP contribution in [0.15, 0.2) is 17.5 Å². The normalized spacial score (nSPS) is 30.8. The SMILES string of the molecule is CN1C(=O)C2ON(CC(=O)NC3CC3)C(c3cccs3)C2C1=O. The average Bonchev–Trinajstić information content (AvgIpc) is 2.97. The summed E-state index contributed by atoms with van der Waals surface area (Å²) in [4.78, 5) is 44.5. The molecule has 3 atom stereocenters. The lowest BCUT2D eigenvalue weighted by atomic mass is 9.95. The summed E-state index contributed by atoms with van der Waals surface area (Å²) in [7, 11) is 1.47. The molecule has 3 aliphatic rings. The number of imide groups is 1. The van der Waals surface area contributed by atoms with E-state index in [4.69, 9.17) is 4.84 Å². The number of likely N-dealkylation sites (N-methyl/N-ethyl adjacent to an activating group) is 1. The summed E-state index contributed by atoms with van der Waals surface area (Å²) in [6, 6.07) is 3.66. The first-order valence-electron chi connectivity index (χ1n) is 7.64. The minimum Gasteiger partial charge on any atom is -0.352 e. The van der Waals surface area contributed by atoms with Gasteiger partial charge in [0, 0.05) is 18.0 Å². The maximum absolute atomic E-state index is 12.4. The molecule has 3 fully saturated rings. The molecule has 0 aromatic carbocycles. The smallest absolute Gasteiger partial charge is 0.261 e. The van der Waals surface area contributed by atoms with Crippen molar-refractivity contribution in [1.29, 1.82) is 0 Å². The van der Waals surface area contributed by atoms with Gasteiger partial charge in [-0.1, -0.05) is 6.07 Å². The first-order chi connectivity index (χ1) is 11.1. The van der Waals surface area contributed by atoms with Crippen molar-refractivity contribution in [1.82, 2.24) is 15.3 Å². The predicted molar refractivity (Wildman–Crippen MR) is 81.1 cm³/mol. The minimum absolute atomic E-state index is 0.0241. The number of nitrogens with zero attached hydrogens (tertiary/aromatic N) is 2. The van der Waals surface area contributed by atoms with Crippen LogP contribution in [0.2, 0.25) is 0 Å². The van der Waals surface area contributed by atoms with Crippen LogP contribution in [0.1, 0.15) is 23.8 Å². The van der Waals surface area contributed by atoms with Gasteiger partial charge in [0.05, 0.1) is 12.0 Å². The zero-order valence-corrected chi connectivity index (χ0v) is 13.4. The number of rotatable bonds is 4. The lowest BCUT2D eigenvalue weighted by Gasteiger charge is -2.24. The molecule has 3 amide bonds. The summed E-state index contributed by atoms with van der Waals surface area (Å²) in [6.07, 6.45) is 1.19.